The van der Waals surface area contributed by atoms with Crippen LogP contribution in [0.25, 0.3) is 0 Å². The summed E-state index contributed by atoms with van der Waals surface area (Å²) in [4.78, 5) is 0. The fourth-order valence-electron chi connectivity index (χ4n) is 0.214. The van der Waals surface area contributed by atoms with Gasteiger partial charge in [0.1, 0.15) is 0 Å². The molecule has 1 aliphatic heterocycles. The van der Waals surface area contributed by atoms with Crippen molar-refractivity contribution in [3.8, 4) is 0 Å². The van der Waals surface area contributed by atoms with E-state index in [4.69, 9.17) is 11.8 Å². The standard InChI is InChI=1S/C3H5PS/c5-4-2-1-3-4/h1-2,4H,3H2. The lowest BCUT2D eigenvalue weighted by molar-refractivity contribution is 1.73. The van der Waals surface area contributed by atoms with E-state index >= 15 is 0 Å². The summed E-state index contributed by atoms with van der Waals surface area (Å²) in [6, 6.07) is 0. The average Bonchev–Trinajstić information content (AvgIpc) is 1.30. The normalized spacial score (nSPS) is 33.2. The molecule has 0 aromatic heterocycles. The predicted octanol–water partition coefficient (Wildman–Crippen LogP) is 1.19. The molecule has 5 heavy (non-hydrogen) atoms. The van der Waals surface area contributed by atoms with Crippen LogP contribution in [0.5, 0.6) is 0 Å². The first-order chi connectivity index (χ1) is 2.39. The third kappa shape index (κ3) is 0.614. The van der Waals surface area contributed by atoms with Crippen LogP contribution in [0.4, 0.5) is 0 Å². The van der Waals surface area contributed by atoms with E-state index in [0.717, 1.165) is 0 Å². The molecule has 0 bridgehead atoms. The molecule has 0 nitrogen and oxygen atoms in total. The zero-order valence-electron chi connectivity index (χ0n) is 2.77. The molecule has 0 aromatic rings. The van der Waals surface area contributed by atoms with Gasteiger partial charge in [-0.1, -0.05) is 23.7 Å². The van der Waals surface area contributed by atoms with Gasteiger partial charge in [-0.15, -0.1) is 0 Å². The van der Waals surface area contributed by atoms with Crippen LogP contribution in [-0.4, -0.2) is 6.16 Å². The minimum absolute atomic E-state index is 0.291. The zero-order valence-corrected chi connectivity index (χ0v) is 4.59. The van der Waals surface area contributed by atoms with Gasteiger partial charge in [0.15, 0.2) is 0 Å². The summed E-state index contributed by atoms with van der Waals surface area (Å²) in [6.07, 6.45) is 3.36. The van der Waals surface area contributed by atoms with Crippen molar-refractivity contribution in [1.29, 1.82) is 0 Å². The Kier molecular flexibility index (Phi) is 0.884. The van der Waals surface area contributed by atoms with Gasteiger partial charge in [-0.3, -0.25) is 0 Å². The second kappa shape index (κ2) is 1.24. The van der Waals surface area contributed by atoms with Crippen LogP contribution >= 0.6 is 6.70 Å². The van der Waals surface area contributed by atoms with Gasteiger partial charge < -0.3 is 0 Å². The molecule has 0 aromatic carbocycles. The van der Waals surface area contributed by atoms with Crippen molar-refractivity contribution in [3.63, 3.8) is 0 Å². The maximum atomic E-state index is 4.88. The highest BCUT2D eigenvalue weighted by Crippen LogP contribution is 2.30. The lowest BCUT2D eigenvalue weighted by Crippen LogP contribution is -1.73. The van der Waals surface area contributed by atoms with Crippen molar-refractivity contribution >= 4 is 18.5 Å². The molecule has 0 spiro atoms. The molecule has 1 rings (SSSR count). The van der Waals surface area contributed by atoms with Crippen LogP contribution < -0.4 is 0 Å². The Balaban J connectivity index is 2.71. The molecule has 0 saturated heterocycles. The minimum Gasteiger partial charge on any atom is -0.0963 e. The molecule has 0 N–H and O–H groups in total. The van der Waals surface area contributed by atoms with E-state index in [2.05, 4.69) is 11.9 Å². The van der Waals surface area contributed by atoms with Crippen LogP contribution in [0, 0.1) is 0 Å². The number of rotatable bonds is 0. The topological polar surface area (TPSA) is 0 Å². The van der Waals surface area contributed by atoms with Crippen LogP contribution in [0.2, 0.25) is 0 Å². The third-order valence-corrected chi connectivity index (χ3v) is 2.78. The van der Waals surface area contributed by atoms with Crippen LogP contribution in [0.15, 0.2) is 11.9 Å². The van der Waals surface area contributed by atoms with Gasteiger partial charge in [0.05, 0.1) is 0 Å². The van der Waals surface area contributed by atoms with E-state index in [1.54, 1.807) is 0 Å². The quantitative estimate of drug-likeness (QED) is 0.416. The van der Waals surface area contributed by atoms with E-state index in [-0.39, 0.29) is 6.70 Å². The molecule has 1 aliphatic rings. The first-order valence-electron chi connectivity index (χ1n) is 1.59. The Morgan fingerprint density at radius 1 is 1.80 bits per heavy atom. The highest BCUT2D eigenvalue weighted by molar-refractivity contribution is 8.07. The Labute approximate surface area is 37.3 Å². The molecule has 1 unspecified atom stereocenters. The van der Waals surface area contributed by atoms with Crippen LogP contribution in [-0.2, 0) is 11.8 Å². The fourth-order valence-corrected chi connectivity index (χ4v) is 1.22. The van der Waals surface area contributed by atoms with Gasteiger partial charge in [-0.25, -0.2) is 0 Å². The van der Waals surface area contributed by atoms with E-state index in [9.17, 15) is 0 Å². The van der Waals surface area contributed by atoms with Crippen molar-refractivity contribution in [2.24, 2.45) is 0 Å². The molecule has 1 atom stereocenters. The van der Waals surface area contributed by atoms with E-state index in [1.807, 2.05) is 0 Å². The van der Waals surface area contributed by atoms with Crippen LogP contribution in [0.1, 0.15) is 0 Å². The molecule has 0 saturated carbocycles. The maximum absolute atomic E-state index is 4.88. The van der Waals surface area contributed by atoms with Gasteiger partial charge in [-0.2, -0.15) is 0 Å². The number of hydrogen-bond donors (Lipinski definition) is 0. The Hall–Kier alpha value is 0.390. The summed E-state index contributed by atoms with van der Waals surface area (Å²) in [5.41, 5.74) is 0. The monoisotopic (exact) mass is 104 g/mol. The van der Waals surface area contributed by atoms with Crippen molar-refractivity contribution in [1.82, 2.24) is 0 Å². The largest absolute Gasteiger partial charge is 0.0963 e. The van der Waals surface area contributed by atoms with Crippen molar-refractivity contribution in [2.75, 3.05) is 6.16 Å². The maximum Gasteiger partial charge on any atom is -0.00431 e. The Bertz CT molecular complexity index is 84.9. The van der Waals surface area contributed by atoms with Crippen LogP contribution in [0.3, 0.4) is 0 Å². The molecule has 0 aliphatic carbocycles. The predicted molar refractivity (Wildman–Crippen MR) is 29.7 cm³/mol. The van der Waals surface area contributed by atoms with Gasteiger partial charge in [0, 0.05) is 0 Å². The Morgan fingerprint density at radius 2 is 2.20 bits per heavy atom. The van der Waals surface area contributed by atoms with E-state index < -0.39 is 0 Å². The van der Waals surface area contributed by atoms with Gasteiger partial charge in [0.2, 0.25) is 0 Å². The number of hydrogen-bond acceptors (Lipinski definition) is 1. The van der Waals surface area contributed by atoms with Gasteiger partial charge >= 0.3 is 0 Å². The van der Waals surface area contributed by atoms with Crippen molar-refractivity contribution in [3.05, 3.63) is 11.9 Å². The molecule has 2 heteroatoms. The summed E-state index contributed by atoms with van der Waals surface area (Å²) in [5, 5.41) is 0. The molecular weight excluding hydrogens is 99.1 g/mol. The second-order valence-electron chi connectivity index (χ2n) is 1.07. The van der Waals surface area contributed by atoms with E-state index in [0.29, 0.717) is 0 Å². The summed E-state index contributed by atoms with van der Waals surface area (Å²) in [6.45, 7) is -0.291. The molecular formula is C3H5PS. The van der Waals surface area contributed by atoms with E-state index in [1.165, 1.54) is 6.16 Å². The fraction of sp³-hybridized carbons (Fsp3) is 0.333. The van der Waals surface area contributed by atoms with Gasteiger partial charge in [-0.05, 0) is 12.9 Å². The summed E-state index contributed by atoms with van der Waals surface area (Å²) in [7, 11) is 0. The smallest absolute Gasteiger partial charge is 0.00431 e. The average molecular weight is 104 g/mol. The molecule has 0 fully saturated rings. The van der Waals surface area contributed by atoms with Gasteiger partial charge in [0.25, 0.3) is 0 Å². The first kappa shape index (κ1) is 3.58. The lowest BCUT2D eigenvalue weighted by Gasteiger charge is -1.98. The summed E-state index contributed by atoms with van der Waals surface area (Å²) >= 11 is 4.88. The highest BCUT2D eigenvalue weighted by atomic mass is 32.4. The summed E-state index contributed by atoms with van der Waals surface area (Å²) in [5.74, 6) is 2.14. The second-order valence-corrected chi connectivity index (χ2v) is 4.32. The molecule has 1 heterocycles. The lowest BCUT2D eigenvalue weighted by atomic mass is 10.7. The molecule has 0 radical (unpaired) electrons. The first-order valence-corrected chi connectivity index (χ1v) is 4.51. The molecule has 0 amide bonds. The Morgan fingerprint density at radius 3 is 2.20 bits per heavy atom. The SMILES string of the molecule is S=[PH]1C=CC1. The minimum atomic E-state index is -0.291. The summed E-state index contributed by atoms with van der Waals surface area (Å²) < 4.78 is 0. The molecule has 28 valence electrons. The number of allylic oxidation sites excluding steroid dienone is 1. The highest BCUT2D eigenvalue weighted by Gasteiger charge is 1.90. The third-order valence-electron chi connectivity index (χ3n) is 0.623. The zero-order chi connectivity index (χ0) is 3.70. The van der Waals surface area contributed by atoms with Crippen molar-refractivity contribution in [2.45, 2.75) is 0 Å². The van der Waals surface area contributed by atoms with Crippen molar-refractivity contribution < 1.29 is 0 Å².